The summed E-state index contributed by atoms with van der Waals surface area (Å²) in [4.78, 5) is 8.10. The molecule has 136 valence electrons. The minimum absolute atomic E-state index is 0.0217. The fourth-order valence-electron chi connectivity index (χ4n) is 2.41. The SMILES string of the molecule is CCOc1cc(OCC)c(C(O)n2ccnc2-c2ncccc2F)nn1. The topological polar surface area (TPSA) is 95.2 Å². The third-order valence-electron chi connectivity index (χ3n) is 3.50. The lowest BCUT2D eigenvalue weighted by Gasteiger charge is -2.17. The van der Waals surface area contributed by atoms with Crippen molar-refractivity contribution >= 4 is 0 Å². The van der Waals surface area contributed by atoms with E-state index in [1.54, 1.807) is 6.07 Å². The summed E-state index contributed by atoms with van der Waals surface area (Å²) >= 11 is 0. The number of hydrogen-bond acceptors (Lipinski definition) is 7. The van der Waals surface area contributed by atoms with Crippen molar-refractivity contribution in [2.45, 2.75) is 20.1 Å². The molecule has 0 saturated heterocycles. The lowest BCUT2D eigenvalue weighted by molar-refractivity contribution is 0.136. The molecule has 0 aliphatic carbocycles. The normalized spacial score (nSPS) is 12.0. The first-order valence-electron chi connectivity index (χ1n) is 8.10. The van der Waals surface area contributed by atoms with Crippen molar-refractivity contribution in [2.24, 2.45) is 0 Å². The second-order valence-corrected chi connectivity index (χ2v) is 5.16. The number of rotatable bonds is 7. The Kier molecular flexibility index (Phi) is 5.37. The Balaban J connectivity index is 2.02. The van der Waals surface area contributed by atoms with Gasteiger partial charge in [0.1, 0.15) is 5.69 Å². The molecule has 0 amide bonds. The maximum Gasteiger partial charge on any atom is 0.237 e. The van der Waals surface area contributed by atoms with E-state index in [1.165, 1.54) is 35.3 Å². The molecule has 26 heavy (non-hydrogen) atoms. The van der Waals surface area contributed by atoms with Crippen LogP contribution in [0.1, 0.15) is 25.8 Å². The number of aliphatic hydroxyl groups excluding tert-OH is 1. The summed E-state index contributed by atoms with van der Waals surface area (Å²) in [7, 11) is 0. The van der Waals surface area contributed by atoms with Crippen LogP contribution in [0.25, 0.3) is 11.5 Å². The molecule has 1 atom stereocenters. The summed E-state index contributed by atoms with van der Waals surface area (Å²) in [5.41, 5.74) is 0.180. The highest BCUT2D eigenvalue weighted by atomic mass is 19.1. The second-order valence-electron chi connectivity index (χ2n) is 5.16. The van der Waals surface area contributed by atoms with Gasteiger partial charge in [0.05, 0.1) is 13.2 Å². The van der Waals surface area contributed by atoms with Gasteiger partial charge in [-0.3, -0.25) is 4.57 Å². The van der Waals surface area contributed by atoms with Crippen LogP contribution in [0, 0.1) is 5.82 Å². The van der Waals surface area contributed by atoms with Crippen LogP contribution in [0.4, 0.5) is 4.39 Å². The monoisotopic (exact) mass is 359 g/mol. The van der Waals surface area contributed by atoms with Gasteiger partial charge in [-0.15, -0.1) is 10.2 Å². The molecule has 0 saturated carbocycles. The Morgan fingerprint density at radius 2 is 1.96 bits per heavy atom. The van der Waals surface area contributed by atoms with E-state index in [1.807, 2.05) is 13.8 Å². The molecular weight excluding hydrogens is 341 g/mol. The second kappa shape index (κ2) is 7.87. The van der Waals surface area contributed by atoms with Crippen LogP contribution >= 0.6 is 0 Å². The first-order valence-corrected chi connectivity index (χ1v) is 8.10. The van der Waals surface area contributed by atoms with E-state index in [9.17, 15) is 9.50 Å². The fourth-order valence-corrected chi connectivity index (χ4v) is 2.41. The molecule has 0 bridgehead atoms. The molecule has 3 aromatic rings. The van der Waals surface area contributed by atoms with E-state index in [4.69, 9.17) is 9.47 Å². The van der Waals surface area contributed by atoms with Crippen molar-refractivity contribution in [3.8, 4) is 23.1 Å². The van der Waals surface area contributed by atoms with Gasteiger partial charge in [-0.2, -0.15) is 0 Å². The third kappa shape index (κ3) is 3.47. The molecule has 0 fully saturated rings. The molecule has 3 aromatic heterocycles. The van der Waals surface area contributed by atoms with Crippen LogP contribution in [0.3, 0.4) is 0 Å². The zero-order valence-electron chi connectivity index (χ0n) is 14.3. The molecule has 3 heterocycles. The van der Waals surface area contributed by atoms with Crippen LogP contribution in [0.5, 0.6) is 11.6 Å². The third-order valence-corrected chi connectivity index (χ3v) is 3.50. The zero-order chi connectivity index (χ0) is 18.5. The summed E-state index contributed by atoms with van der Waals surface area (Å²) < 4.78 is 26.3. The van der Waals surface area contributed by atoms with E-state index < -0.39 is 12.0 Å². The summed E-state index contributed by atoms with van der Waals surface area (Å²) in [6.07, 6.45) is 3.10. The molecule has 0 radical (unpaired) electrons. The largest absolute Gasteiger partial charge is 0.491 e. The standard InChI is InChI=1S/C17H18FN5O3/c1-3-25-12-10-13(26-4-2)21-22-15(12)17(24)23-9-8-20-16(23)14-11(18)6-5-7-19-14/h5-10,17,24H,3-4H2,1-2H3. The van der Waals surface area contributed by atoms with Gasteiger partial charge in [-0.05, 0) is 26.0 Å². The van der Waals surface area contributed by atoms with Gasteiger partial charge in [0.2, 0.25) is 5.88 Å². The predicted octanol–water partition coefficient (Wildman–Crippen LogP) is 2.21. The number of ether oxygens (including phenoxy) is 2. The number of pyridine rings is 1. The van der Waals surface area contributed by atoms with Gasteiger partial charge in [0.25, 0.3) is 0 Å². The van der Waals surface area contributed by atoms with Gasteiger partial charge in [-0.1, -0.05) is 0 Å². The number of aliphatic hydroxyl groups is 1. The Hall–Kier alpha value is -3.07. The van der Waals surface area contributed by atoms with Gasteiger partial charge in [-0.25, -0.2) is 14.4 Å². The summed E-state index contributed by atoms with van der Waals surface area (Å²) in [6, 6.07) is 4.31. The molecule has 8 nitrogen and oxygen atoms in total. The van der Waals surface area contributed by atoms with E-state index in [0.29, 0.717) is 19.0 Å². The lowest BCUT2D eigenvalue weighted by Crippen LogP contribution is -2.15. The zero-order valence-corrected chi connectivity index (χ0v) is 14.3. The minimum atomic E-state index is -1.29. The molecule has 9 heteroatoms. The summed E-state index contributed by atoms with van der Waals surface area (Å²) in [5, 5.41) is 18.7. The molecule has 0 aliphatic heterocycles. The average Bonchev–Trinajstić information content (AvgIpc) is 3.12. The van der Waals surface area contributed by atoms with Crippen LogP contribution in [-0.2, 0) is 0 Å². The Labute approximate surface area is 149 Å². The fraction of sp³-hybridized carbons (Fsp3) is 0.294. The molecule has 0 aromatic carbocycles. The Bertz CT molecular complexity index is 886. The Morgan fingerprint density at radius 1 is 1.15 bits per heavy atom. The van der Waals surface area contributed by atoms with E-state index in [-0.39, 0.29) is 23.1 Å². The summed E-state index contributed by atoms with van der Waals surface area (Å²) in [6.45, 7) is 4.42. The predicted molar refractivity (Wildman–Crippen MR) is 90.1 cm³/mol. The maximum atomic E-state index is 14.1. The van der Waals surface area contributed by atoms with Crippen molar-refractivity contribution in [1.82, 2.24) is 24.7 Å². The van der Waals surface area contributed by atoms with Crippen molar-refractivity contribution in [2.75, 3.05) is 13.2 Å². The number of nitrogens with zero attached hydrogens (tertiary/aromatic N) is 5. The smallest absolute Gasteiger partial charge is 0.237 e. The number of halogens is 1. The minimum Gasteiger partial charge on any atom is -0.491 e. The van der Waals surface area contributed by atoms with Crippen LogP contribution < -0.4 is 9.47 Å². The highest BCUT2D eigenvalue weighted by Crippen LogP contribution is 2.30. The number of aromatic nitrogens is 5. The maximum absolute atomic E-state index is 14.1. The molecule has 0 aliphatic rings. The lowest BCUT2D eigenvalue weighted by atomic mass is 10.2. The highest BCUT2D eigenvalue weighted by molar-refractivity contribution is 5.51. The number of hydrogen-bond donors (Lipinski definition) is 1. The quantitative estimate of drug-likeness (QED) is 0.691. The highest BCUT2D eigenvalue weighted by Gasteiger charge is 2.23. The first kappa shape index (κ1) is 17.7. The average molecular weight is 359 g/mol. The van der Waals surface area contributed by atoms with Gasteiger partial charge in [0.15, 0.2) is 29.3 Å². The van der Waals surface area contributed by atoms with E-state index in [2.05, 4.69) is 20.2 Å². The molecular formula is C17H18FN5O3. The van der Waals surface area contributed by atoms with Crippen molar-refractivity contribution in [3.05, 3.63) is 48.3 Å². The van der Waals surface area contributed by atoms with E-state index in [0.717, 1.165) is 0 Å². The van der Waals surface area contributed by atoms with Crippen LogP contribution in [0.15, 0.2) is 36.8 Å². The van der Waals surface area contributed by atoms with Crippen molar-refractivity contribution in [3.63, 3.8) is 0 Å². The van der Waals surface area contributed by atoms with Gasteiger partial charge >= 0.3 is 0 Å². The molecule has 1 N–H and O–H groups in total. The van der Waals surface area contributed by atoms with Gasteiger partial charge < -0.3 is 14.6 Å². The molecule has 3 rings (SSSR count). The van der Waals surface area contributed by atoms with E-state index >= 15 is 0 Å². The first-order chi connectivity index (χ1) is 12.7. The van der Waals surface area contributed by atoms with Gasteiger partial charge in [0, 0.05) is 24.7 Å². The molecule has 0 spiro atoms. The van der Waals surface area contributed by atoms with Crippen LogP contribution in [0.2, 0.25) is 0 Å². The van der Waals surface area contributed by atoms with Crippen molar-refractivity contribution < 1.29 is 19.0 Å². The summed E-state index contributed by atoms with van der Waals surface area (Å²) in [5.74, 6) is 0.219. The number of imidazole rings is 1. The molecule has 1 unspecified atom stereocenters. The Morgan fingerprint density at radius 3 is 2.69 bits per heavy atom. The van der Waals surface area contributed by atoms with Crippen LogP contribution in [-0.4, -0.2) is 43.1 Å². The van der Waals surface area contributed by atoms with Crippen molar-refractivity contribution in [1.29, 1.82) is 0 Å².